The van der Waals surface area contributed by atoms with Crippen molar-refractivity contribution in [3.05, 3.63) is 64.4 Å². The Hall–Kier alpha value is -1.95. The molecule has 1 fully saturated rings. The molecule has 2 aliphatic rings. The maximum atomic E-state index is 14.0. The van der Waals surface area contributed by atoms with E-state index in [9.17, 15) is 9.18 Å². The first-order valence-corrected chi connectivity index (χ1v) is 10.3. The van der Waals surface area contributed by atoms with Gasteiger partial charge in [-0.25, -0.2) is 4.39 Å². The van der Waals surface area contributed by atoms with Gasteiger partial charge in [-0.3, -0.25) is 9.69 Å². The van der Waals surface area contributed by atoms with E-state index in [4.69, 9.17) is 11.6 Å². The molecule has 4 nitrogen and oxygen atoms in total. The van der Waals surface area contributed by atoms with Gasteiger partial charge in [0.25, 0.3) is 0 Å². The quantitative estimate of drug-likeness (QED) is 0.790. The molecule has 2 aromatic carbocycles. The van der Waals surface area contributed by atoms with E-state index in [-0.39, 0.29) is 17.6 Å². The molecule has 0 aromatic heterocycles. The summed E-state index contributed by atoms with van der Waals surface area (Å²) in [5, 5.41) is 7.10. The Morgan fingerprint density at radius 1 is 1.14 bits per heavy atom. The minimum atomic E-state index is -0.234. The minimum absolute atomic E-state index is 0.0853. The van der Waals surface area contributed by atoms with Crippen LogP contribution in [0.2, 0.25) is 5.02 Å². The number of piperidine rings is 1. The van der Waals surface area contributed by atoms with E-state index in [2.05, 4.69) is 21.6 Å². The van der Waals surface area contributed by atoms with E-state index in [0.717, 1.165) is 38.2 Å². The van der Waals surface area contributed by atoms with Gasteiger partial charge < -0.3 is 10.6 Å². The van der Waals surface area contributed by atoms with E-state index in [1.807, 2.05) is 18.2 Å². The summed E-state index contributed by atoms with van der Waals surface area (Å²) in [6.45, 7) is 3.16. The summed E-state index contributed by atoms with van der Waals surface area (Å²) < 4.78 is 14.0. The molecule has 2 aromatic rings. The molecule has 0 radical (unpaired) electrons. The molecule has 0 bridgehead atoms. The van der Waals surface area contributed by atoms with Crippen LogP contribution < -0.4 is 10.6 Å². The van der Waals surface area contributed by atoms with Crippen LogP contribution in [0.15, 0.2) is 42.5 Å². The van der Waals surface area contributed by atoms with Crippen LogP contribution in [0.1, 0.15) is 36.3 Å². The lowest BCUT2D eigenvalue weighted by atomic mass is 9.90. The molecule has 0 aliphatic carbocycles. The largest absolute Gasteiger partial charge is 0.326 e. The predicted molar refractivity (Wildman–Crippen MR) is 110 cm³/mol. The van der Waals surface area contributed by atoms with Crippen LogP contribution in [0.3, 0.4) is 0 Å². The highest BCUT2D eigenvalue weighted by molar-refractivity contribution is 6.31. The summed E-state index contributed by atoms with van der Waals surface area (Å²) in [7, 11) is 0. The number of amides is 1. The van der Waals surface area contributed by atoms with Crippen molar-refractivity contribution in [1.29, 1.82) is 0 Å². The average molecular weight is 402 g/mol. The van der Waals surface area contributed by atoms with Gasteiger partial charge in [0.1, 0.15) is 5.82 Å². The lowest BCUT2D eigenvalue weighted by Crippen LogP contribution is -2.44. The van der Waals surface area contributed by atoms with Crippen LogP contribution in [-0.2, 0) is 11.3 Å². The van der Waals surface area contributed by atoms with E-state index in [1.165, 1.54) is 11.6 Å². The number of halogens is 2. The smallest absolute Gasteiger partial charge is 0.225 e. The standard InChI is InChI=1S/C22H25ClFN3O/c23-19-5-3-6-20(24)18(19)14-27-10-8-16(9-11-27)25-13-15-12-22(28)26-21-7-2-1-4-17(15)21/h1-7,15-16,25H,8-14H2,(H,26,28). The van der Waals surface area contributed by atoms with Crippen molar-refractivity contribution in [3.8, 4) is 0 Å². The first kappa shape index (κ1) is 19.4. The molecular formula is C22H25ClFN3O. The number of para-hydroxylation sites is 1. The molecular weight excluding hydrogens is 377 g/mol. The SMILES string of the molecule is O=C1CC(CNC2CCN(Cc3c(F)cccc3Cl)CC2)c2ccccc2N1. The van der Waals surface area contributed by atoms with Crippen LogP contribution in [-0.4, -0.2) is 36.5 Å². The third-order valence-corrected chi connectivity index (χ3v) is 6.14. The zero-order chi connectivity index (χ0) is 19.5. The second kappa shape index (κ2) is 8.60. The Bertz CT molecular complexity index is 831. The number of hydrogen-bond acceptors (Lipinski definition) is 3. The van der Waals surface area contributed by atoms with Gasteiger partial charge in [0.2, 0.25) is 5.91 Å². The molecule has 6 heteroatoms. The van der Waals surface area contributed by atoms with Gasteiger partial charge in [0.15, 0.2) is 0 Å². The summed E-state index contributed by atoms with van der Waals surface area (Å²) in [6.07, 6.45) is 2.54. The molecule has 1 amide bonds. The molecule has 148 valence electrons. The Morgan fingerprint density at radius 2 is 1.93 bits per heavy atom. The predicted octanol–water partition coefficient (Wildman–Crippen LogP) is 4.16. The van der Waals surface area contributed by atoms with Gasteiger partial charge in [-0.2, -0.15) is 0 Å². The summed E-state index contributed by atoms with van der Waals surface area (Å²) in [6, 6.07) is 13.3. The van der Waals surface area contributed by atoms with Crippen molar-refractivity contribution in [3.63, 3.8) is 0 Å². The van der Waals surface area contributed by atoms with Crippen LogP contribution in [0.25, 0.3) is 0 Å². The first-order chi connectivity index (χ1) is 13.6. The van der Waals surface area contributed by atoms with Gasteiger partial charge in [0.05, 0.1) is 0 Å². The Labute approximate surface area is 170 Å². The Balaban J connectivity index is 1.29. The zero-order valence-electron chi connectivity index (χ0n) is 15.8. The topological polar surface area (TPSA) is 44.4 Å². The molecule has 0 saturated carbocycles. The van der Waals surface area contributed by atoms with E-state index >= 15 is 0 Å². The number of nitrogens with zero attached hydrogens (tertiary/aromatic N) is 1. The van der Waals surface area contributed by atoms with Gasteiger partial charge in [-0.15, -0.1) is 0 Å². The maximum absolute atomic E-state index is 14.0. The van der Waals surface area contributed by atoms with Gasteiger partial charge in [-0.1, -0.05) is 35.9 Å². The molecule has 4 rings (SSSR count). The van der Waals surface area contributed by atoms with E-state index in [0.29, 0.717) is 29.6 Å². The van der Waals surface area contributed by atoms with Crippen LogP contribution in [0.5, 0.6) is 0 Å². The first-order valence-electron chi connectivity index (χ1n) is 9.87. The third kappa shape index (κ3) is 4.37. The summed E-state index contributed by atoms with van der Waals surface area (Å²) >= 11 is 6.15. The highest BCUT2D eigenvalue weighted by Gasteiger charge is 2.26. The van der Waals surface area contributed by atoms with Crippen molar-refractivity contribution in [2.75, 3.05) is 25.0 Å². The molecule has 2 heterocycles. The summed E-state index contributed by atoms with van der Waals surface area (Å²) in [4.78, 5) is 14.2. The van der Waals surface area contributed by atoms with Crippen molar-refractivity contribution in [2.24, 2.45) is 0 Å². The number of hydrogen-bond donors (Lipinski definition) is 2. The van der Waals surface area contributed by atoms with Crippen molar-refractivity contribution < 1.29 is 9.18 Å². The van der Waals surface area contributed by atoms with Gasteiger partial charge in [0, 0.05) is 47.7 Å². The van der Waals surface area contributed by atoms with Crippen LogP contribution in [0, 0.1) is 5.82 Å². The molecule has 28 heavy (non-hydrogen) atoms. The van der Waals surface area contributed by atoms with Gasteiger partial charge >= 0.3 is 0 Å². The molecule has 2 aliphatic heterocycles. The molecule has 2 N–H and O–H groups in total. The fourth-order valence-corrected chi connectivity index (χ4v) is 4.42. The van der Waals surface area contributed by atoms with Crippen molar-refractivity contribution in [2.45, 2.75) is 37.8 Å². The number of fused-ring (bicyclic) bond motifs is 1. The highest BCUT2D eigenvalue weighted by Crippen LogP contribution is 2.31. The summed E-state index contributed by atoms with van der Waals surface area (Å²) in [5.74, 6) is 0.0595. The zero-order valence-corrected chi connectivity index (χ0v) is 16.5. The molecule has 1 atom stereocenters. The van der Waals surface area contributed by atoms with E-state index in [1.54, 1.807) is 12.1 Å². The number of carbonyl (C=O) groups is 1. The number of rotatable bonds is 5. The van der Waals surface area contributed by atoms with Gasteiger partial charge in [-0.05, 0) is 49.7 Å². The number of anilines is 1. The lowest BCUT2D eigenvalue weighted by Gasteiger charge is -2.34. The number of likely N-dealkylation sites (tertiary alicyclic amines) is 1. The average Bonchev–Trinajstić information content (AvgIpc) is 2.70. The second-order valence-corrected chi connectivity index (χ2v) is 8.10. The molecule has 1 unspecified atom stereocenters. The maximum Gasteiger partial charge on any atom is 0.225 e. The fourth-order valence-electron chi connectivity index (χ4n) is 4.20. The fraction of sp³-hybridized carbons (Fsp3) is 0.409. The van der Waals surface area contributed by atoms with Crippen molar-refractivity contribution >= 4 is 23.2 Å². The highest BCUT2D eigenvalue weighted by atomic mass is 35.5. The molecule has 0 spiro atoms. The molecule has 1 saturated heterocycles. The monoisotopic (exact) mass is 401 g/mol. The summed E-state index contributed by atoms with van der Waals surface area (Å²) in [5.41, 5.74) is 2.73. The van der Waals surface area contributed by atoms with Crippen LogP contribution >= 0.6 is 11.6 Å². The Morgan fingerprint density at radius 3 is 2.71 bits per heavy atom. The van der Waals surface area contributed by atoms with Crippen LogP contribution in [0.4, 0.5) is 10.1 Å². The van der Waals surface area contributed by atoms with Crippen molar-refractivity contribution in [1.82, 2.24) is 10.2 Å². The number of carbonyl (C=O) groups excluding carboxylic acids is 1. The third-order valence-electron chi connectivity index (χ3n) is 5.79. The number of nitrogens with one attached hydrogen (secondary N) is 2. The normalized spacial score (nSPS) is 20.6. The minimum Gasteiger partial charge on any atom is -0.326 e. The lowest BCUT2D eigenvalue weighted by molar-refractivity contribution is -0.116. The van der Waals surface area contributed by atoms with E-state index < -0.39 is 0 Å². The second-order valence-electron chi connectivity index (χ2n) is 7.70. The number of benzene rings is 2. The Kier molecular flexibility index (Phi) is 5.95.